The Kier molecular flexibility index (Phi) is 1.32. The van der Waals surface area contributed by atoms with Crippen LogP contribution in [0.5, 0.6) is 0 Å². The fraction of sp³-hybridized carbons (Fsp3) is 0.750. The van der Waals surface area contributed by atoms with Crippen molar-refractivity contribution in [2.75, 3.05) is 0 Å². The van der Waals surface area contributed by atoms with Crippen LogP contribution in [0.1, 0.15) is 0 Å². The monoisotopic (exact) mass is 200 g/mol. The molecule has 3 aliphatic heterocycles. The van der Waals surface area contributed by atoms with Crippen molar-refractivity contribution in [1.82, 2.24) is 0 Å². The maximum absolute atomic E-state index is 10.9. The van der Waals surface area contributed by atoms with Crippen LogP contribution < -0.4 is 0 Å². The smallest absolute Gasteiger partial charge is 0.310 e. The number of hydrogen-bond acceptors (Lipinski definition) is 4. The number of carboxylic acid groups (broad SMARTS) is 2. The van der Waals surface area contributed by atoms with Gasteiger partial charge in [-0.3, -0.25) is 9.59 Å². The number of ether oxygens (including phenoxy) is 2. The molecule has 2 bridgehead atoms. The molecule has 3 rings (SSSR count). The van der Waals surface area contributed by atoms with Crippen molar-refractivity contribution in [3.8, 4) is 0 Å². The van der Waals surface area contributed by atoms with Gasteiger partial charge in [0.15, 0.2) is 0 Å². The summed E-state index contributed by atoms with van der Waals surface area (Å²) >= 11 is 0. The first kappa shape index (κ1) is 8.19. The first-order valence-corrected chi connectivity index (χ1v) is 4.38. The lowest BCUT2D eigenvalue weighted by Gasteiger charge is -2.17. The van der Waals surface area contributed by atoms with Crippen LogP contribution in [-0.4, -0.2) is 46.6 Å². The summed E-state index contributed by atoms with van der Waals surface area (Å²) in [6.45, 7) is 0. The van der Waals surface area contributed by atoms with Crippen LogP contribution in [0.4, 0.5) is 0 Å². The molecule has 6 nitrogen and oxygen atoms in total. The van der Waals surface area contributed by atoms with Crippen LogP contribution >= 0.6 is 0 Å². The lowest BCUT2D eigenvalue weighted by atomic mass is 9.79. The van der Waals surface area contributed by atoms with Crippen LogP contribution in [0.3, 0.4) is 0 Å². The van der Waals surface area contributed by atoms with Gasteiger partial charge in [-0.05, 0) is 0 Å². The van der Waals surface area contributed by atoms with Gasteiger partial charge in [0.05, 0.1) is 0 Å². The Balaban J connectivity index is 1.95. The molecule has 0 aromatic rings. The van der Waals surface area contributed by atoms with Crippen molar-refractivity contribution >= 4 is 11.9 Å². The lowest BCUT2D eigenvalue weighted by Crippen LogP contribution is -2.41. The van der Waals surface area contributed by atoms with Crippen LogP contribution in [0.2, 0.25) is 0 Å². The molecule has 0 aromatic heterocycles. The fourth-order valence-electron chi connectivity index (χ4n) is 2.58. The average Bonchev–Trinajstić information content (AvgIpc) is 2.71. The summed E-state index contributed by atoms with van der Waals surface area (Å²) in [5, 5.41) is 17.8. The van der Waals surface area contributed by atoms with Crippen molar-refractivity contribution in [2.24, 2.45) is 11.8 Å². The average molecular weight is 200 g/mol. The van der Waals surface area contributed by atoms with Gasteiger partial charge in [0.25, 0.3) is 0 Å². The predicted octanol–water partition coefficient (Wildman–Crippen LogP) is -1.06. The second-order valence-corrected chi connectivity index (χ2v) is 3.86. The number of hydrogen-bond donors (Lipinski definition) is 2. The van der Waals surface area contributed by atoms with E-state index in [1.165, 1.54) is 0 Å². The number of aliphatic carboxylic acids is 2. The number of carboxylic acids is 2. The highest BCUT2D eigenvalue weighted by molar-refractivity contribution is 5.82. The van der Waals surface area contributed by atoms with Crippen LogP contribution in [0, 0.1) is 11.8 Å². The molecule has 0 saturated carbocycles. The number of rotatable bonds is 2. The van der Waals surface area contributed by atoms with E-state index in [1.807, 2.05) is 0 Å². The molecule has 0 spiro atoms. The highest BCUT2D eigenvalue weighted by Gasteiger charge is 2.72. The Morgan fingerprint density at radius 3 is 1.50 bits per heavy atom. The summed E-state index contributed by atoms with van der Waals surface area (Å²) < 4.78 is 10.4. The second kappa shape index (κ2) is 2.26. The van der Waals surface area contributed by atoms with E-state index in [9.17, 15) is 9.59 Å². The maximum Gasteiger partial charge on any atom is 0.310 e. The molecule has 76 valence electrons. The normalized spacial score (nSPS) is 52.9. The Bertz CT molecular complexity index is 296. The van der Waals surface area contributed by atoms with E-state index in [0.717, 1.165) is 0 Å². The summed E-state index contributed by atoms with van der Waals surface area (Å²) in [5.41, 5.74) is 0. The molecule has 6 heteroatoms. The molecule has 6 atom stereocenters. The van der Waals surface area contributed by atoms with Crippen molar-refractivity contribution in [1.29, 1.82) is 0 Å². The molecule has 0 aliphatic carbocycles. The Morgan fingerprint density at radius 2 is 1.14 bits per heavy atom. The standard InChI is InChI=1S/C8H8O6/c9-7(10)1-2(8(11)12)4-6-5(14-6)3(1)13-4/h1-6H,(H,9,10)(H,11,12)/t1-,2-,3+,4+,5-,6+/m0/s1. The van der Waals surface area contributed by atoms with E-state index < -0.39 is 36.0 Å². The van der Waals surface area contributed by atoms with Crippen molar-refractivity contribution < 1.29 is 29.3 Å². The quantitative estimate of drug-likeness (QED) is 0.551. The zero-order valence-electron chi connectivity index (χ0n) is 6.99. The van der Waals surface area contributed by atoms with Gasteiger partial charge < -0.3 is 19.7 Å². The van der Waals surface area contributed by atoms with Gasteiger partial charge in [-0.2, -0.15) is 0 Å². The maximum atomic E-state index is 10.9. The first-order valence-electron chi connectivity index (χ1n) is 4.38. The number of carbonyl (C=O) groups is 2. The molecule has 3 heterocycles. The molecular weight excluding hydrogens is 192 g/mol. The van der Waals surface area contributed by atoms with Crippen LogP contribution in [0.15, 0.2) is 0 Å². The molecule has 0 radical (unpaired) electrons. The highest BCUT2D eigenvalue weighted by Crippen LogP contribution is 2.53. The van der Waals surface area contributed by atoms with E-state index in [0.29, 0.717) is 0 Å². The predicted molar refractivity (Wildman–Crippen MR) is 39.6 cm³/mol. The van der Waals surface area contributed by atoms with Crippen LogP contribution in [-0.2, 0) is 19.1 Å². The zero-order chi connectivity index (χ0) is 10.0. The molecule has 2 N–H and O–H groups in total. The lowest BCUT2D eigenvalue weighted by molar-refractivity contribution is -0.153. The third kappa shape index (κ3) is 0.777. The summed E-state index contributed by atoms with van der Waals surface area (Å²) in [5.74, 6) is -4.14. The van der Waals surface area contributed by atoms with Gasteiger partial charge in [-0.15, -0.1) is 0 Å². The zero-order valence-corrected chi connectivity index (χ0v) is 6.99. The Morgan fingerprint density at radius 1 is 0.786 bits per heavy atom. The highest BCUT2D eigenvalue weighted by atomic mass is 16.7. The largest absolute Gasteiger partial charge is 0.481 e. The van der Waals surface area contributed by atoms with Gasteiger partial charge in [-0.1, -0.05) is 0 Å². The van der Waals surface area contributed by atoms with E-state index in [2.05, 4.69) is 0 Å². The molecule has 0 aromatic carbocycles. The molecule has 3 saturated heterocycles. The summed E-state index contributed by atoms with van der Waals surface area (Å²) in [4.78, 5) is 21.7. The second-order valence-electron chi connectivity index (χ2n) is 3.86. The van der Waals surface area contributed by atoms with E-state index in [-0.39, 0.29) is 12.2 Å². The van der Waals surface area contributed by atoms with Crippen molar-refractivity contribution in [3.05, 3.63) is 0 Å². The topological polar surface area (TPSA) is 96.4 Å². The van der Waals surface area contributed by atoms with E-state index >= 15 is 0 Å². The van der Waals surface area contributed by atoms with Gasteiger partial charge in [0.1, 0.15) is 36.3 Å². The minimum absolute atomic E-state index is 0.184. The fourth-order valence-corrected chi connectivity index (χ4v) is 2.58. The summed E-state index contributed by atoms with van der Waals surface area (Å²) in [6.07, 6.45) is -1.50. The molecule has 14 heavy (non-hydrogen) atoms. The molecule has 3 aliphatic rings. The van der Waals surface area contributed by atoms with Gasteiger partial charge >= 0.3 is 11.9 Å². The van der Waals surface area contributed by atoms with Crippen molar-refractivity contribution in [3.63, 3.8) is 0 Å². The van der Waals surface area contributed by atoms with Gasteiger partial charge in [0.2, 0.25) is 0 Å². The van der Waals surface area contributed by atoms with Crippen molar-refractivity contribution in [2.45, 2.75) is 24.4 Å². The molecule has 0 unspecified atom stereocenters. The Labute approximate surface area is 78.4 Å². The number of fused-ring (bicyclic) bond motifs is 5. The molecule has 0 amide bonds. The Hall–Kier alpha value is -1.14. The van der Waals surface area contributed by atoms with Gasteiger partial charge in [-0.25, -0.2) is 0 Å². The third-order valence-corrected chi connectivity index (χ3v) is 3.19. The summed E-state index contributed by atoms with van der Waals surface area (Å²) in [6, 6.07) is 0. The minimum atomic E-state index is -1.11. The molecular formula is C8H8O6. The number of epoxide rings is 1. The van der Waals surface area contributed by atoms with E-state index in [1.54, 1.807) is 0 Å². The minimum Gasteiger partial charge on any atom is -0.481 e. The summed E-state index contributed by atoms with van der Waals surface area (Å²) in [7, 11) is 0. The third-order valence-electron chi connectivity index (χ3n) is 3.19. The van der Waals surface area contributed by atoms with Crippen LogP contribution in [0.25, 0.3) is 0 Å². The first-order chi connectivity index (χ1) is 6.61. The SMILES string of the molecule is O=C(O)[C@@H]1[C@H]2O[C@@H]([C@H]3O[C@H]32)[C@H]1C(=O)O. The molecule has 3 fully saturated rings. The van der Waals surface area contributed by atoms with Gasteiger partial charge in [0, 0.05) is 0 Å². The van der Waals surface area contributed by atoms with E-state index in [4.69, 9.17) is 19.7 Å².